The Morgan fingerprint density at radius 3 is 1.08 bits per heavy atom. The number of halogens is 6. The van der Waals surface area contributed by atoms with Crippen LogP contribution in [0.15, 0.2) is 142 Å². The fourth-order valence-corrected chi connectivity index (χ4v) is 7.22. The normalized spacial score (nSPS) is 12.5. The molecule has 49 heavy (non-hydrogen) atoms. The molecule has 0 spiro atoms. The molecule has 0 atom stereocenters. The van der Waals surface area contributed by atoms with Gasteiger partial charge in [-0.05, 0) is 75.2 Å². The van der Waals surface area contributed by atoms with E-state index in [2.05, 4.69) is 9.47 Å². The Labute approximate surface area is 283 Å². The summed E-state index contributed by atoms with van der Waals surface area (Å²) in [6.45, 7) is 6.86. The Kier molecular flexibility index (Phi) is 10.1. The van der Waals surface area contributed by atoms with E-state index < -0.39 is 46.3 Å². The molecule has 5 aromatic carbocycles. The molecule has 11 heteroatoms. The van der Waals surface area contributed by atoms with Crippen molar-refractivity contribution < 1.29 is 45.3 Å². The summed E-state index contributed by atoms with van der Waals surface area (Å²) >= 11 is 0. The van der Waals surface area contributed by atoms with E-state index in [0.717, 1.165) is 11.1 Å². The van der Waals surface area contributed by atoms with Crippen molar-refractivity contribution in [3.05, 3.63) is 139 Å². The maximum absolute atomic E-state index is 13.8. The molecule has 0 aliphatic heterocycles. The molecule has 0 N–H and O–H groups in total. The van der Waals surface area contributed by atoms with Crippen molar-refractivity contribution in [2.45, 2.75) is 66.3 Å². The first-order chi connectivity index (χ1) is 23.0. The predicted octanol–water partition coefficient (Wildman–Crippen LogP) is 11.2. The van der Waals surface area contributed by atoms with Gasteiger partial charge in [0.2, 0.25) is 0 Å². The maximum Gasteiger partial charge on any atom is 0.573 e. The van der Waals surface area contributed by atoms with Gasteiger partial charge < -0.3 is 18.9 Å². The molecule has 5 aromatic rings. The van der Waals surface area contributed by atoms with Crippen molar-refractivity contribution in [3.8, 4) is 23.0 Å². The number of alkyl halides is 6. The number of rotatable bonds is 11. The van der Waals surface area contributed by atoms with Crippen LogP contribution in [0.25, 0.3) is 0 Å². The smallest absolute Gasteiger partial charge is 0.479 e. The van der Waals surface area contributed by atoms with Gasteiger partial charge in [-0.3, -0.25) is 0 Å². The fraction of sp³-hybridized carbons (Fsp3) is 0.211. The van der Waals surface area contributed by atoms with Gasteiger partial charge in [0, 0.05) is 12.1 Å². The Hall–Kier alpha value is -4.77. The average Bonchev–Trinajstić information content (AvgIpc) is 3.03. The minimum atomic E-state index is -5.06. The summed E-state index contributed by atoms with van der Waals surface area (Å²) in [4.78, 5) is 1.27. The molecule has 0 bridgehead atoms. The molecule has 0 aromatic heterocycles. The van der Waals surface area contributed by atoms with Crippen molar-refractivity contribution in [2.75, 3.05) is 0 Å². The van der Waals surface area contributed by atoms with E-state index in [0.29, 0.717) is 14.7 Å². The molecular weight excluding hydrogens is 666 g/mol. The van der Waals surface area contributed by atoms with Crippen molar-refractivity contribution in [1.82, 2.24) is 0 Å². The van der Waals surface area contributed by atoms with Crippen molar-refractivity contribution in [3.63, 3.8) is 0 Å². The predicted molar refractivity (Wildman–Crippen MR) is 175 cm³/mol. The molecule has 5 rings (SSSR count). The SMILES string of the molecule is CC(C)(Oc1ccc([S+](c2ccccc2)c2ccc(OC(C)(C)c3ccccc3)c(OC(F)(F)F)c2)cc1OC(F)(F)F)c1ccccc1. The summed E-state index contributed by atoms with van der Waals surface area (Å²) in [5.41, 5.74) is -0.645. The first-order valence-corrected chi connectivity index (χ1v) is 16.3. The second-order valence-electron chi connectivity index (χ2n) is 11.9. The van der Waals surface area contributed by atoms with Gasteiger partial charge in [0.1, 0.15) is 11.2 Å². The van der Waals surface area contributed by atoms with Crippen LogP contribution < -0.4 is 18.9 Å². The standard InChI is InChI=1S/C38H33F6O4S/c1-35(2,26-14-8-5-9-15-26)45-31-22-20-29(24-33(31)47-37(39,40)41)49(28-18-12-7-13-19-28)30-21-23-32(34(25-30)48-38(42,43)44)46-36(3,4)27-16-10-6-11-17-27/h5-25H,1-4H3/q+1. The zero-order valence-corrected chi connectivity index (χ0v) is 27.7. The molecule has 0 aliphatic carbocycles. The van der Waals surface area contributed by atoms with E-state index in [1.807, 2.05) is 12.1 Å². The van der Waals surface area contributed by atoms with Crippen molar-refractivity contribution in [2.24, 2.45) is 0 Å². The van der Waals surface area contributed by atoms with Gasteiger partial charge in [-0.25, -0.2) is 0 Å². The minimum Gasteiger partial charge on any atom is -0.479 e. The molecule has 0 saturated heterocycles. The van der Waals surface area contributed by atoms with Crippen LogP contribution in [-0.2, 0) is 22.1 Å². The van der Waals surface area contributed by atoms with E-state index in [-0.39, 0.29) is 11.5 Å². The highest BCUT2D eigenvalue weighted by atomic mass is 32.2. The quantitative estimate of drug-likeness (QED) is 0.102. The zero-order valence-electron chi connectivity index (χ0n) is 26.9. The monoisotopic (exact) mass is 699 g/mol. The van der Waals surface area contributed by atoms with E-state index in [4.69, 9.17) is 9.47 Å². The van der Waals surface area contributed by atoms with E-state index >= 15 is 0 Å². The van der Waals surface area contributed by atoms with Crippen LogP contribution in [-0.4, -0.2) is 12.7 Å². The van der Waals surface area contributed by atoms with E-state index in [1.54, 1.807) is 119 Å². The van der Waals surface area contributed by atoms with E-state index in [9.17, 15) is 26.3 Å². The molecule has 0 fully saturated rings. The van der Waals surface area contributed by atoms with Gasteiger partial charge in [0.25, 0.3) is 0 Å². The van der Waals surface area contributed by atoms with Crippen LogP contribution in [0.5, 0.6) is 23.0 Å². The number of hydrogen-bond donors (Lipinski definition) is 0. The Morgan fingerprint density at radius 2 is 0.735 bits per heavy atom. The topological polar surface area (TPSA) is 36.9 Å². The Morgan fingerprint density at radius 1 is 0.388 bits per heavy atom. The Balaban J connectivity index is 1.61. The first kappa shape index (κ1) is 35.5. The van der Waals surface area contributed by atoms with Crippen LogP contribution in [0.3, 0.4) is 0 Å². The molecule has 0 amide bonds. The van der Waals surface area contributed by atoms with Crippen LogP contribution in [0.4, 0.5) is 26.3 Å². The highest BCUT2D eigenvalue weighted by Gasteiger charge is 2.39. The molecular formula is C38H33F6O4S+. The third kappa shape index (κ3) is 9.23. The maximum atomic E-state index is 13.8. The van der Waals surface area contributed by atoms with E-state index in [1.165, 1.54) is 24.3 Å². The summed E-state index contributed by atoms with van der Waals surface area (Å²) < 4.78 is 104. The third-order valence-electron chi connectivity index (χ3n) is 7.40. The molecule has 0 aliphatic rings. The van der Waals surface area contributed by atoms with Crippen LogP contribution in [0.1, 0.15) is 38.8 Å². The zero-order chi connectivity index (χ0) is 35.5. The highest BCUT2D eigenvalue weighted by Crippen LogP contribution is 2.44. The third-order valence-corrected chi connectivity index (χ3v) is 9.59. The van der Waals surface area contributed by atoms with Gasteiger partial charge in [-0.1, -0.05) is 78.9 Å². The molecule has 0 saturated carbocycles. The summed E-state index contributed by atoms with van der Waals surface area (Å²) in [7, 11) is -1.23. The fourth-order valence-electron chi connectivity index (χ4n) is 5.12. The Bertz CT molecular complexity index is 1730. The van der Waals surface area contributed by atoms with Crippen LogP contribution >= 0.6 is 0 Å². The second-order valence-corrected chi connectivity index (χ2v) is 13.9. The lowest BCUT2D eigenvalue weighted by Gasteiger charge is -2.28. The van der Waals surface area contributed by atoms with Gasteiger partial charge in [-0.15, -0.1) is 26.3 Å². The van der Waals surface area contributed by atoms with Gasteiger partial charge in [0.05, 0.1) is 10.9 Å². The molecule has 0 heterocycles. The summed E-state index contributed by atoms with van der Waals surface area (Å²) in [5.74, 6) is -1.53. The minimum absolute atomic E-state index is 0.167. The summed E-state index contributed by atoms with van der Waals surface area (Å²) in [5, 5.41) is 0. The van der Waals surface area contributed by atoms with Gasteiger partial charge >= 0.3 is 12.7 Å². The number of benzene rings is 5. The van der Waals surface area contributed by atoms with Gasteiger partial charge in [-0.2, -0.15) is 0 Å². The van der Waals surface area contributed by atoms with Crippen molar-refractivity contribution >= 4 is 10.9 Å². The van der Waals surface area contributed by atoms with Crippen molar-refractivity contribution in [1.29, 1.82) is 0 Å². The lowest BCUT2D eigenvalue weighted by Crippen LogP contribution is -2.26. The molecule has 0 unspecified atom stereocenters. The summed E-state index contributed by atoms with van der Waals surface area (Å²) in [6.07, 6.45) is -10.1. The molecule has 256 valence electrons. The summed E-state index contributed by atoms with van der Waals surface area (Å²) in [6, 6.07) is 34.9. The largest absolute Gasteiger partial charge is 0.573 e. The number of hydrogen-bond acceptors (Lipinski definition) is 4. The second kappa shape index (κ2) is 14.0. The molecule has 0 radical (unpaired) electrons. The first-order valence-electron chi connectivity index (χ1n) is 15.1. The number of ether oxygens (including phenoxy) is 4. The lowest BCUT2D eigenvalue weighted by molar-refractivity contribution is -0.276. The lowest BCUT2D eigenvalue weighted by atomic mass is 9.98. The van der Waals surface area contributed by atoms with Crippen LogP contribution in [0, 0.1) is 0 Å². The van der Waals surface area contributed by atoms with Gasteiger partial charge in [0.15, 0.2) is 37.7 Å². The highest BCUT2D eigenvalue weighted by molar-refractivity contribution is 7.97. The molecule has 4 nitrogen and oxygen atoms in total. The van der Waals surface area contributed by atoms with Crippen LogP contribution in [0.2, 0.25) is 0 Å². The average molecular weight is 700 g/mol.